The lowest BCUT2D eigenvalue weighted by atomic mass is 9.33. The quantitative estimate of drug-likeness (QED) is 0.261. The van der Waals surface area contributed by atoms with Crippen LogP contribution >= 0.6 is 0 Å². The molecule has 7 rings (SSSR count). The van der Waals surface area contributed by atoms with E-state index >= 15 is 0 Å². The van der Waals surface area contributed by atoms with Crippen molar-refractivity contribution >= 4 is 5.78 Å². The Morgan fingerprint density at radius 3 is 2.28 bits per heavy atom. The molecule has 46 heavy (non-hydrogen) atoms. The molecule has 1 aromatic carbocycles. The maximum absolute atomic E-state index is 15.0. The normalized spacial score (nSPS) is 46.3. The number of aliphatic hydroxyl groups excluding tert-OH is 2. The molecule has 6 aliphatic rings. The number of phenolic OH excluding ortho intramolecular Hbond substituents is 1. The summed E-state index contributed by atoms with van der Waals surface area (Å²) in [5.74, 6) is 0.481. The van der Waals surface area contributed by atoms with Crippen molar-refractivity contribution in [2.45, 2.75) is 141 Å². The molecule has 0 bridgehead atoms. The van der Waals surface area contributed by atoms with Gasteiger partial charge in [0.1, 0.15) is 11.9 Å². The van der Waals surface area contributed by atoms with E-state index in [9.17, 15) is 30.3 Å². The first-order valence-corrected chi connectivity index (χ1v) is 18.0. The molecule has 7 nitrogen and oxygen atoms in total. The maximum atomic E-state index is 15.0. The standard InChI is InChI=1S/C39H56O7/c1-22(2)23(3)31-33(46-31)35(5,44)29-14-18-39(45)27-19-30(42)38(20-24-9-11-25(40)12-10-24)21-28(41)32(43)37(15-7-8-16-37)36(38,6)26(27)13-17-34(29,39)4/h9-12,19,22-23,26,28-29,31-33,40-41,43-45H,7-8,13-18,20-21H2,1-6H3/t23-,26-,28-,29-,31-,32-,33-,34-,35-,36+,38-,39+/m1/s1. The van der Waals surface area contributed by atoms with Crippen LogP contribution in [-0.4, -0.2) is 66.9 Å². The topological polar surface area (TPSA) is 131 Å². The third kappa shape index (κ3) is 3.98. The van der Waals surface area contributed by atoms with Gasteiger partial charge in [0.25, 0.3) is 0 Å². The Kier molecular flexibility index (Phi) is 7.38. The summed E-state index contributed by atoms with van der Waals surface area (Å²) in [5, 5.41) is 58.7. The molecule has 1 aliphatic heterocycles. The molecule has 1 saturated heterocycles. The van der Waals surface area contributed by atoms with Gasteiger partial charge in [-0.25, -0.2) is 0 Å². The smallest absolute Gasteiger partial charge is 0.162 e. The van der Waals surface area contributed by atoms with Crippen LogP contribution in [0.1, 0.15) is 105 Å². The lowest BCUT2D eigenvalue weighted by molar-refractivity contribution is -0.247. The molecule has 5 N–H and O–H groups in total. The summed E-state index contributed by atoms with van der Waals surface area (Å²) in [5.41, 5.74) is -3.72. The van der Waals surface area contributed by atoms with E-state index in [2.05, 4.69) is 34.6 Å². The van der Waals surface area contributed by atoms with Crippen LogP contribution in [0.3, 0.4) is 0 Å². The Hall–Kier alpha value is -1.77. The minimum atomic E-state index is -1.27. The lowest BCUT2D eigenvalue weighted by Crippen LogP contribution is -2.73. The molecule has 5 fully saturated rings. The van der Waals surface area contributed by atoms with Crippen molar-refractivity contribution in [3.63, 3.8) is 0 Å². The number of carbonyl (C=O) groups excluding carboxylic acids is 1. The summed E-state index contributed by atoms with van der Waals surface area (Å²) in [4.78, 5) is 15.0. The number of allylic oxidation sites excluding steroid dienone is 1. The Bertz CT molecular complexity index is 1410. The molecular formula is C39H56O7. The first-order chi connectivity index (χ1) is 21.5. The predicted molar refractivity (Wildman–Crippen MR) is 175 cm³/mol. The second kappa shape index (κ2) is 10.4. The van der Waals surface area contributed by atoms with Gasteiger partial charge in [0.15, 0.2) is 5.78 Å². The van der Waals surface area contributed by atoms with Crippen LogP contribution in [0.15, 0.2) is 35.9 Å². The van der Waals surface area contributed by atoms with Gasteiger partial charge in [0.05, 0.1) is 29.5 Å². The van der Waals surface area contributed by atoms with Crippen LogP contribution in [0.25, 0.3) is 0 Å². The first-order valence-electron chi connectivity index (χ1n) is 18.0. The number of ketones is 1. The summed E-state index contributed by atoms with van der Waals surface area (Å²) >= 11 is 0. The molecular weight excluding hydrogens is 580 g/mol. The summed E-state index contributed by atoms with van der Waals surface area (Å²) in [6.45, 7) is 12.8. The summed E-state index contributed by atoms with van der Waals surface area (Å²) in [7, 11) is 0. The van der Waals surface area contributed by atoms with E-state index < -0.39 is 45.1 Å². The Morgan fingerprint density at radius 1 is 1.00 bits per heavy atom. The van der Waals surface area contributed by atoms with Crippen LogP contribution in [-0.2, 0) is 16.0 Å². The molecule has 4 saturated carbocycles. The second-order valence-corrected chi connectivity index (χ2v) is 17.5. The van der Waals surface area contributed by atoms with Gasteiger partial charge >= 0.3 is 0 Å². The summed E-state index contributed by atoms with van der Waals surface area (Å²) < 4.78 is 6.18. The van der Waals surface area contributed by atoms with E-state index in [-0.39, 0.29) is 42.0 Å². The van der Waals surface area contributed by atoms with E-state index in [1.54, 1.807) is 18.2 Å². The molecule has 0 unspecified atom stereocenters. The number of carbonyl (C=O) groups is 1. The highest BCUT2D eigenvalue weighted by atomic mass is 16.6. The highest BCUT2D eigenvalue weighted by molar-refractivity contribution is 5.98. The fraction of sp³-hybridized carbons (Fsp3) is 0.769. The first kappa shape index (κ1) is 32.8. The largest absolute Gasteiger partial charge is 0.508 e. The third-order valence-electron chi connectivity index (χ3n) is 15.6. The minimum absolute atomic E-state index is 0.00379. The van der Waals surface area contributed by atoms with Crippen molar-refractivity contribution < 1.29 is 35.1 Å². The molecule has 0 amide bonds. The van der Waals surface area contributed by atoms with Gasteiger partial charge in [-0.15, -0.1) is 0 Å². The van der Waals surface area contributed by atoms with Crippen molar-refractivity contribution in [1.29, 1.82) is 0 Å². The van der Waals surface area contributed by atoms with Crippen molar-refractivity contribution in [1.82, 2.24) is 0 Å². The second-order valence-electron chi connectivity index (χ2n) is 17.5. The van der Waals surface area contributed by atoms with Gasteiger partial charge in [-0.2, -0.15) is 0 Å². The molecule has 1 heterocycles. The van der Waals surface area contributed by atoms with Crippen molar-refractivity contribution in [2.75, 3.05) is 0 Å². The zero-order valence-corrected chi connectivity index (χ0v) is 28.6. The maximum Gasteiger partial charge on any atom is 0.162 e. The number of epoxide rings is 1. The Morgan fingerprint density at radius 2 is 1.65 bits per heavy atom. The van der Waals surface area contributed by atoms with Crippen LogP contribution < -0.4 is 0 Å². The van der Waals surface area contributed by atoms with Gasteiger partial charge in [0.2, 0.25) is 0 Å². The summed E-state index contributed by atoms with van der Waals surface area (Å²) in [6, 6.07) is 7.01. The third-order valence-corrected chi connectivity index (χ3v) is 15.6. The zero-order valence-electron chi connectivity index (χ0n) is 28.6. The van der Waals surface area contributed by atoms with Crippen molar-refractivity contribution in [3.05, 3.63) is 41.5 Å². The van der Waals surface area contributed by atoms with Gasteiger partial charge in [-0.05, 0) is 117 Å². The molecule has 12 atom stereocenters. The molecule has 1 aromatic rings. The van der Waals surface area contributed by atoms with Crippen LogP contribution in [0.4, 0.5) is 0 Å². The molecule has 5 aliphatic carbocycles. The minimum Gasteiger partial charge on any atom is -0.508 e. The van der Waals surface area contributed by atoms with E-state index in [1.807, 2.05) is 19.1 Å². The number of fused-ring (bicyclic) bond motifs is 6. The fourth-order valence-corrected chi connectivity index (χ4v) is 12.6. The molecule has 7 heteroatoms. The predicted octanol–water partition coefficient (Wildman–Crippen LogP) is 5.49. The Balaban J connectivity index is 1.33. The number of rotatable bonds is 6. The zero-order chi connectivity index (χ0) is 33.2. The molecule has 0 aromatic heterocycles. The van der Waals surface area contributed by atoms with E-state index in [0.717, 1.165) is 43.2 Å². The number of hydrogen-bond acceptors (Lipinski definition) is 7. The average molecular weight is 637 g/mol. The summed E-state index contributed by atoms with van der Waals surface area (Å²) in [6.07, 6.45) is 5.91. The number of ether oxygens (including phenoxy) is 1. The molecule has 1 spiro atoms. The number of phenols is 1. The van der Waals surface area contributed by atoms with Crippen LogP contribution in [0.2, 0.25) is 0 Å². The average Bonchev–Trinajstić information content (AvgIpc) is 3.56. The van der Waals surface area contributed by atoms with Gasteiger partial charge in [-0.1, -0.05) is 59.6 Å². The van der Waals surface area contributed by atoms with Gasteiger partial charge in [-0.3, -0.25) is 4.79 Å². The fourth-order valence-electron chi connectivity index (χ4n) is 12.6. The highest BCUT2D eigenvalue weighted by Crippen LogP contribution is 2.77. The number of hydrogen-bond donors (Lipinski definition) is 5. The van der Waals surface area contributed by atoms with E-state index in [1.165, 1.54) is 0 Å². The highest BCUT2D eigenvalue weighted by Gasteiger charge is 2.77. The van der Waals surface area contributed by atoms with Gasteiger partial charge < -0.3 is 30.3 Å². The molecule has 254 valence electrons. The van der Waals surface area contributed by atoms with E-state index in [0.29, 0.717) is 37.5 Å². The molecule has 0 radical (unpaired) electrons. The number of aromatic hydroxyl groups is 1. The number of aliphatic hydroxyl groups is 4. The van der Waals surface area contributed by atoms with Crippen LogP contribution in [0, 0.1) is 45.3 Å². The van der Waals surface area contributed by atoms with E-state index in [4.69, 9.17) is 4.74 Å². The monoisotopic (exact) mass is 636 g/mol. The Labute approximate surface area is 274 Å². The SMILES string of the molecule is CC(C)[C@@H](C)[C@H]1O[C@H]1[C@](C)(O)[C@@H]1CC[C@]2(O)C3=CC(=O)[C@@]4(Cc5ccc(O)cc5)C[C@@H](O)[C@@H](O)C5(CCCC5)[C@]4(C)[C@@H]3CC[C@]12C. The van der Waals surface area contributed by atoms with Gasteiger partial charge in [0, 0.05) is 16.2 Å². The number of benzene rings is 1. The van der Waals surface area contributed by atoms with Crippen LogP contribution in [0.5, 0.6) is 5.75 Å². The van der Waals surface area contributed by atoms with Crippen molar-refractivity contribution in [2.24, 2.45) is 45.3 Å². The van der Waals surface area contributed by atoms with Crippen molar-refractivity contribution in [3.8, 4) is 5.75 Å². The lowest BCUT2D eigenvalue weighted by Gasteiger charge is -2.70.